The molecule has 1 aromatic carbocycles. The number of anilines is 1. The topological polar surface area (TPSA) is 55.4 Å². The predicted molar refractivity (Wildman–Crippen MR) is 80.1 cm³/mol. The molecule has 0 saturated carbocycles. The number of rotatable bonds is 6. The number of hydrogen-bond acceptors (Lipinski definition) is 3. The number of hydrogen-bond donors (Lipinski definition) is 1. The molecule has 0 aliphatic heterocycles. The number of amides is 1. The van der Waals surface area contributed by atoms with Gasteiger partial charge in [-0.25, -0.2) is 4.57 Å². The van der Waals surface area contributed by atoms with Crippen molar-refractivity contribution in [2.75, 3.05) is 5.32 Å². The minimum atomic E-state index is -4.95. The molecule has 1 amide bonds. The van der Waals surface area contributed by atoms with Crippen molar-refractivity contribution in [3.05, 3.63) is 29.3 Å². The molecular formula is C13H14BrF3NO3P. The van der Waals surface area contributed by atoms with Crippen LogP contribution in [0.15, 0.2) is 18.2 Å². The number of nitrogens with one attached hydrogen (secondary N) is 1. The number of aryl methyl sites for hydroxylation is 1. The first-order chi connectivity index (χ1) is 10.2. The Morgan fingerprint density at radius 1 is 1.36 bits per heavy atom. The summed E-state index contributed by atoms with van der Waals surface area (Å²) in [5, 5.41) is 1.80. The highest BCUT2D eigenvalue weighted by molar-refractivity contribution is 9.09. The van der Waals surface area contributed by atoms with E-state index in [0.717, 1.165) is 0 Å². The summed E-state index contributed by atoms with van der Waals surface area (Å²) in [6, 6.07) is 4.32. The third kappa shape index (κ3) is 4.51. The van der Waals surface area contributed by atoms with Gasteiger partial charge in [-0.15, -0.1) is 0 Å². The van der Waals surface area contributed by atoms with Crippen LogP contribution in [-0.2, 0) is 24.8 Å². The van der Waals surface area contributed by atoms with E-state index in [2.05, 4.69) is 15.9 Å². The standard InChI is InChI=1S/C13H14BrF3NO3P/c1-3-8-7-9(18-11(19)13(15,16)17)5-6-10(8)12(14,4-2)21-22-20/h5-7H,3-4H2,1-2H3,(H,18,19). The zero-order valence-corrected chi connectivity index (χ0v) is 14.3. The first kappa shape index (κ1) is 19.1. The van der Waals surface area contributed by atoms with Crippen molar-refractivity contribution in [1.29, 1.82) is 0 Å². The molecule has 0 spiro atoms. The second-order valence-corrected chi connectivity index (χ2v) is 6.04. The van der Waals surface area contributed by atoms with E-state index in [1.165, 1.54) is 18.2 Å². The summed E-state index contributed by atoms with van der Waals surface area (Å²) in [6.45, 7) is 3.62. The second-order valence-electron chi connectivity index (χ2n) is 4.43. The molecule has 9 heteroatoms. The van der Waals surface area contributed by atoms with Crippen LogP contribution in [0.5, 0.6) is 0 Å². The molecule has 0 heterocycles. The second kappa shape index (κ2) is 7.53. The van der Waals surface area contributed by atoms with Gasteiger partial charge >= 0.3 is 20.8 Å². The van der Waals surface area contributed by atoms with Crippen LogP contribution in [0.25, 0.3) is 0 Å². The van der Waals surface area contributed by atoms with Crippen molar-refractivity contribution in [2.24, 2.45) is 0 Å². The normalized spacial score (nSPS) is 14.6. The van der Waals surface area contributed by atoms with E-state index in [4.69, 9.17) is 4.52 Å². The van der Waals surface area contributed by atoms with Gasteiger partial charge in [0.2, 0.25) is 0 Å². The largest absolute Gasteiger partial charge is 0.471 e. The maximum atomic E-state index is 12.3. The van der Waals surface area contributed by atoms with Gasteiger partial charge in [0.1, 0.15) is 0 Å². The minimum Gasteiger partial charge on any atom is -0.318 e. The maximum Gasteiger partial charge on any atom is 0.471 e. The van der Waals surface area contributed by atoms with Crippen LogP contribution in [0.2, 0.25) is 0 Å². The Morgan fingerprint density at radius 2 is 2.00 bits per heavy atom. The summed E-state index contributed by atoms with van der Waals surface area (Å²) in [5.41, 5.74) is 1.35. The molecule has 1 atom stereocenters. The van der Waals surface area contributed by atoms with Crippen LogP contribution < -0.4 is 5.32 Å². The highest BCUT2D eigenvalue weighted by Gasteiger charge is 2.39. The molecule has 1 rings (SSSR count). The zero-order chi connectivity index (χ0) is 17.0. The van der Waals surface area contributed by atoms with Gasteiger partial charge in [-0.1, -0.05) is 19.9 Å². The SMILES string of the molecule is CCc1cc(NC(=O)C(F)(F)F)ccc1C(Br)(CC)OP=O. The number of alkyl halides is 4. The number of carbonyl (C=O) groups is 1. The summed E-state index contributed by atoms with van der Waals surface area (Å²) >= 11 is 3.36. The quantitative estimate of drug-likeness (QED) is 0.544. The summed E-state index contributed by atoms with van der Waals surface area (Å²) < 4.78 is 51.7. The first-order valence-electron chi connectivity index (χ1n) is 6.39. The van der Waals surface area contributed by atoms with Gasteiger partial charge in [-0.3, -0.25) is 9.32 Å². The van der Waals surface area contributed by atoms with E-state index in [1.54, 1.807) is 12.2 Å². The Balaban J connectivity index is 3.16. The van der Waals surface area contributed by atoms with E-state index >= 15 is 0 Å². The van der Waals surface area contributed by atoms with Gasteiger partial charge < -0.3 is 5.32 Å². The fourth-order valence-electron chi connectivity index (χ4n) is 1.89. The van der Waals surface area contributed by atoms with E-state index in [0.29, 0.717) is 24.0 Å². The smallest absolute Gasteiger partial charge is 0.318 e. The van der Waals surface area contributed by atoms with E-state index in [9.17, 15) is 22.5 Å². The maximum absolute atomic E-state index is 12.3. The summed E-state index contributed by atoms with van der Waals surface area (Å²) in [6.07, 6.45) is -4.00. The molecule has 122 valence electrons. The van der Waals surface area contributed by atoms with Crippen molar-refractivity contribution in [2.45, 2.75) is 37.4 Å². The fraction of sp³-hybridized carbons (Fsp3) is 0.462. The van der Waals surface area contributed by atoms with Crippen molar-refractivity contribution >= 4 is 36.2 Å². The van der Waals surface area contributed by atoms with Gasteiger partial charge in [-0.05, 0) is 52.0 Å². The van der Waals surface area contributed by atoms with E-state index in [-0.39, 0.29) is 5.69 Å². The lowest BCUT2D eigenvalue weighted by atomic mass is 9.98. The summed E-state index contributed by atoms with van der Waals surface area (Å²) in [7, 11) is -0.520. The van der Waals surface area contributed by atoms with Gasteiger partial charge in [0, 0.05) is 5.69 Å². The molecule has 0 fully saturated rings. The Hall–Kier alpha value is -0.980. The lowest BCUT2D eigenvalue weighted by Gasteiger charge is -2.26. The fourth-order valence-corrected chi connectivity index (χ4v) is 2.80. The summed E-state index contributed by atoms with van der Waals surface area (Å²) in [4.78, 5) is 11.0. The third-order valence-electron chi connectivity index (χ3n) is 3.04. The highest BCUT2D eigenvalue weighted by atomic mass is 79.9. The lowest BCUT2D eigenvalue weighted by molar-refractivity contribution is -0.167. The van der Waals surface area contributed by atoms with Crippen molar-refractivity contribution in [1.82, 2.24) is 0 Å². The van der Waals surface area contributed by atoms with E-state index < -0.39 is 25.3 Å². The van der Waals surface area contributed by atoms with Gasteiger partial charge in [0.25, 0.3) is 0 Å². The molecule has 1 unspecified atom stereocenters. The monoisotopic (exact) mass is 399 g/mol. The molecule has 1 N–H and O–H groups in total. The van der Waals surface area contributed by atoms with Crippen LogP contribution >= 0.6 is 24.6 Å². The number of benzene rings is 1. The number of halogens is 4. The highest BCUT2D eigenvalue weighted by Crippen LogP contribution is 2.41. The first-order valence-corrected chi connectivity index (χ1v) is 7.91. The third-order valence-corrected chi connectivity index (χ3v) is 4.83. The van der Waals surface area contributed by atoms with Crippen molar-refractivity contribution < 1.29 is 27.1 Å². The Kier molecular flexibility index (Phi) is 6.52. The molecule has 0 radical (unpaired) electrons. The molecule has 1 aromatic rings. The number of carbonyl (C=O) groups excluding carboxylic acids is 1. The molecule has 0 aliphatic carbocycles. The molecule has 22 heavy (non-hydrogen) atoms. The van der Waals surface area contributed by atoms with Crippen LogP contribution in [0.3, 0.4) is 0 Å². The summed E-state index contributed by atoms with van der Waals surface area (Å²) in [5.74, 6) is -2.03. The Bertz CT molecular complexity index is 568. The van der Waals surface area contributed by atoms with Gasteiger partial charge in [0.15, 0.2) is 4.51 Å². The molecule has 0 aromatic heterocycles. The van der Waals surface area contributed by atoms with Gasteiger partial charge in [0.05, 0.1) is 0 Å². The van der Waals surface area contributed by atoms with Crippen LogP contribution in [0.1, 0.15) is 31.4 Å². The average Bonchev–Trinajstić information content (AvgIpc) is 2.46. The van der Waals surface area contributed by atoms with Crippen LogP contribution in [-0.4, -0.2) is 12.1 Å². The van der Waals surface area contributed by atoms with Crippen molar-refractivity contribution in [3.8, 4) is 0 Å². The molecule has 4 nitrogen and oxygen atoms in total. The van der Waals surface area contributed by atoms with Crippen LogP contribution in [0.4, 0.5) is 18.9 Å². The van der Waals surface area contributed by atoms with Gasteiger partial charge in [-0.2, -0.15) is 13.2 Å². The lowest BCUT2D eigenvalue weighted by Crippen LogP contribution is -2.30. The average molecular weight is 400 g/mol. The van der Waals surface area contributed by atoms with E-state index in [1.807, 2.05) is 6.92 Å². The minimum absolute atomic E-state index is 0.0357. The van der Waals surface area contributed by atoms with Crippen LogP contribution in [0, 0.1) is 0 Å². The Morgan fingerprint density at radius 3 is 2.45 bits per heavy atom. The predicted octanol–water partition coefficient (Wildman–Crippen LogP) is 4.93. The Labute approximate surface area is 135 Å². The molecule has 0 aliphatic rings. The molecule has 0 saturated heterocycles. The zero-order valence-electron chi connectivity index (χ0n) is 11.8. The molecule has 0 bridgehead atoms. The van der Waals surface area contributed by atoms with Crippen molar-refractivity contribution in [3.63, 3.8) is 0 Å². The molecular weight excluding hydrogens is 386 g/mol.